The zero-order chi connectivity index (χ0) is 16.8. The highest BCUT2D eigenvalue weighted by Crippen LogP contribution is 2.29. The van der Waals surface area contributed by atoms with Crippen LogP contribution < -0.4 is 11.1 Å². The number of carbonyl (C=O) groups is 1. The fraction of sp³-hybridized carbons (Fsp3) is 0.632. The summed E-state index contributed by atoms with van der Waals surface area (Å²) in [5.74, 6) is 0.111. The molecule has 1 aromatic carbocycles. The number of nitrogens with zero attached hydrogens (tertiary/aromatic N) is 1. The molecule has 0 radical (unpaired) electrons. The second-order valence-electron chi connectivity index (χ2n) is 7.06. The van der Waals surface area contributed by atoms with Crippen molar-refractivity contribution in [2.24, 2.45) is 11.1 Å². The third-order valence-electron chi connectivity index (χ3n) is 5.55. The summed E-state index contributed by atoms with van der Waals surface area (Å²) in [5.41, 5.74) is 6.83. The second kappa shape index (κ2) is 11.1. The highest BCUT2D eigenvalue weighted by molar-refractivity contribution is 5.85. The summed E-state index contributed by atoms with van der Waals surface area (Å²) in [6, 6.07) is 11.0. The third-order valence-corrected chi connectivity index (χ3v) is 5.55. The molecule has 7 heteroatoms. The van der Waals surface area contributed by atoms with Gasteiger partial charge in [-0.1, -0.05) is 30.3 Å². The molecule has 5 nitrogen and oxygen atoms in total. The predicted molar refractivity (Wildman–Crippen MR) is 109 cm³/mol. The number of nitrogens with one attached hydrogen (secondary N) is 1. The molecule has 0 saturated carbocycles. The lowest BCUT2D eigenvalue weighted by atomic mass is 9.79. The highest BCUT2D eigenvalue weighted by Gasteiger charge is 2.39. The van der Waals surface area contributed by atoms with Crippen LogP contribution in [0.3, 0.4) is 0 Å². The minimum Gasteiger partial charge on any atom is -0.381 e. The number of carbonyl (C=O) groups excluding carboxylic acids is 1. The van der Waals surface area contributed by atoms with E-state index in [1.54, 1.807) is 0 Å². The molecular weight excluding hydrogens is 373 g/mol. The van der Waals surface area contributed by atoms with Crippen molar-refractivity contribution in [1.82, 2.24) is 10.2 Å². The van der Waals surface area contributed by atoms with Crippen molar-refractivity contribution in [3.8, 4) is 0 Å². The Morgan fingerprint density at radius 2 is 1.92 bits per heavy atom. The topological polar surface area (TPSA) is 67.6 Å². The molecule has 3 rings (SSSR count). The Balaban J connectivity index is 0.00000169. The van der Waals surface area contributed by atoms with Crippen LogP contribution in [0, 0.1) is 5.41 Å². The van der Waals surface area contributed by atoms with Crippen LogP contribution in [0.4, 0.5) is 0 Å². The van der Waals surface area contributed by atoms with Gasteiger partial charge < -0.3 is 15.8 Å². The summed E-state index contributed by atoms with van der Waals surface area (Å²) in [6.07, 6.45) is 3.80. The van der Waals surface area contributed by atoms with Crippen LogP contribution in [-0.4, -0.2) is 49.7 Å². The number of likely N-dealkylation sites (tertiary alicyclic amines) is 1. The van der Waals surface area contributed by atoms with Gasteiger partial charge in [0, 0.05) is 38.9 Å². The average Bonchev–Trinajstić information content (AvgIpc) is 3.08. The van der Waals surface area contributed by atoms with E-state index in [2.05, 4.69) is 34.5 Å². The Morgan fingerprint density at radius 3 is 2.58 bits per heavy atom. The van der Waals surface area contributed by atoms with E-state index < -0.39 is 5.41 Å². The minimum atomic E-state index is -0.429. The Morgan fingerprint density at radius 1 is 1.23 bits per heavy atom. The standard InChI is InChI=1S/C19H29N3O2.2ClH/c20-15-19(8-11-24-12-9-19)18(23)21-13-17-7-4-10-22(17)14-16-5-2-1-3-6-16;;/h1-3,5-6,17H,4,7-15,20H2,(H,21,23);2*1H. The van der Waals surface area contributed by atoms with Gasteiger partial charge in [-0.2, -0.15) is 0 Å². The fourth-order valence-corrected chi connectivity index (χ4v) is 3.84. The Labute approximate surface area is 168 Å². The third kappa shape index (κ3) is 5.57. The molecule has 2 aliphatic rings. The van der Waals surface area contributed by atoms with Crippen LogP contribution in [0.5, 0.6) is 0 Å². The average molecular weight is 404 g/mol. The quantitative estimate of drug-likeness (QED) is 0.764. The zero-order valence-corrected chi connectivity index (χ0v) is 16.8. The van der Waals surface area contributed by atoms with Gasteiger partial charge in [0.25, 0.3) is 0 Å². The molecule has 0 bridgehead atoms. The number of nitrogens with two attached hydrogens (primary N) is 1. The van der Waals surface area contributed by atoms with Gasteiger partial charge in [0.1, 0.15) is 0 Å². The molecule has 0 aliphatic carbocycles. The summed E-state index contributed by atoms with van der Waals surface area (Å²) < 4.78 is 5.39. The van der Waals surface area contributed by atoms with E-state index in [1.165, 1.54) is 12.0 Å². The fourth-order valence-electron chi connectivity index (χ4n) is 3.84. The Bertz CT molecular complexity index is 539. The summed E-state index contributed by atoms with van der Waals surface area (Å²) in [6.45, 7) is 4.44. The first kappa shape index (κ1) is 23.2. The number of benzene rings is 1. The molecule has 1 aromatic rings. The molecule has 0 spiro atoms. The molecule has 26 heavy (non-hydrogen) atoms. The van der Waals surface area contributed by atoms with Crippen molar-refractivity contribution in [3.63, 3.8) is 0 Å². The van der Waals surface area contributed by atoms with E-state index in [9.17, 15) is 4.79 Å². The largest absolute Gasteiger partial charge is 0.381 e. The van der Waals surface area contributed by atoms with Crippen LogP contribution in [0.25, 0.3) is 0 Å². The van der Waals surface area contributed by atoms with Crippen molar-refractivity contribution in [1.29, 1.82) is 0 Å². The summed E-state index contributed by atoms with van der Waals surface area (Å²) in [7, 11) is 0. The monoisotopic (exact) mass is 403 g/mol. The van der Waals surface area contributed by atoms with Gasteiger partial charge in [-0.05, 0) is 37.8 Å². The first-order valence-electron chi connectivity index (χ1n) is 9.08. The van der Waals surface area contributed by atoms with E-state index in [1.807, 2.05) is 6.07 Å². The van der Waals surface area contributed by atoms with Gasteiger partial charge in [-0.25, -0.2) is 0 Å². The molecule has 1 unspecified atom stereocenters. The van der Waals surface area contributed by atoms with Gasteiger partial charge in [-0.15, -0.1) is 24.8 Å². The molecular formula is C19H31Cl2N3O2. The first-order chi connectivity index (χ1) is 11.7. The summed E-state index contributed by atoms with van der Waals surface area (Å²) in [5, 5.41) is 3.19. The first-order valence-corrected chi connectivity index (χ1v) is 9.08. The number of amides is 1. The second-order valence-corrected chi connectivity index (χ2v) is 7.06. The van der Waals surface area contributed by atoms with Crippen molar-refractivity contribution in [3.05, 3.63) is 35.9 Å². The molecule has 148 valence electrons. The van der Waals surface area contributed by atoms with E-state index in [0.29, 0.717) is 32.3 Å². The number of rotatable bonds is 6. The lowest BCUT2D eigenvalue weighted by Crippen LogP contribution is -2.51. The van der Waals surface area contributed by atoms with Crippen molar-refractivity contribution in [2.75, 3.05) is 32.8 Å². The molecule has 2 aliphatic heterocycles. The maximum absolute atomic E-state index is 12.7. The number of ether oxygens (including phenoxy) is 1. The van der Waals surface area contributed by atoms with Gasteiger partial charge in [0.15, 0.2) is 0 Å². The lowest BCUT2D eigenvalue weighted by molar-refractivity contribution is -0.136. The summed E-state index contributed by atoms with van der Waals surface area (Å²) in [4.78, 5) is 15.2. The number of hydrogen-bond donors (Lipinski definition) is 2. The van der Waals surface area contributed by atoms with Crippen LogP contribution in [0.1, 0.15) is 31.2 Å². The molecule has 0 aromatic heterocycles. The molecule has 2 fully saturated rings. The van der Waals surface area contributed by atoms with E-state index >= 15 is 0 Å². The highest BCUT2D eigenvalue weighted by atomic mass is 35.5. The molecule has 3 N–H and O–H groups in total. The minimum absolute atomic E-state index is 0. The Hall–Kier alpha value is -0.850. The Kier molecular flexibility index (Phi) is 9.90. The SMILES string of the molecule is Cl.Cl.NCC1(C(=O)NCC2CCCN2Cc2ccccc2)CCOCC1. The normalized spacial score (nSPS) is 22.1. The van der Waals surface area contributed by atoms with Crippen LogP contribution in [0.2, 0.25) is 0 Å². The van der Waals surface area contributed by atoms with E-state index in [4.69, 9.17) is 10.5 Å². The van der Waals surface area contributed by atoms with Crippen molar-refractivity contribution < 1.29 is 9.53 Å². The summed E-state index contributed by atoms with van der Waals surface area (Å²) >= 11 is 0. The van der Waals surface area contributed by atoms with Crippen LogP contribution in [-0.2, 0) is 16.1 Å². The smallest absolute Gasteiger partial charge is 0.227 e. The van der Waals surface area contributed by atoms with Gasteiger partial charge in [0.05, 0.1) is 5.41 Å². The number of halogens is 2. The van der Waals surface area contributed by atoms with Gasteiger partial charge >= 0.3 is 0 Å². The van der Waals surface area contributed by atoms with E-state index in [-0.39, 0.29) is 30.7 Å². The molecule has 1 atom stereocenters. The molecule has 1 amide bonds. The van der Waals surface area contributed by atoms with Gasteiger partial charge in [0.2, 0.25) is 5.91 Å². The maximum atomic E-state index is 12.7. The van der Waals surface area contributed by atoms with Crippen LogP contribution in [0.15, 0.2) is 30.3 Å². The zero-order valence-electron chi connectivity index (χ0n) is 15.2. The maximum Gasteiger partial charge on any atom is 0.227 e. The van der Waals surface area contributed by atoms with Gasteiger partial charge in [-0.3, -0.25) is 9.69 Å². The predicted octanol–water partition coefficient (Wildman–Crippen LogP) is 2.37. The van der Waals surface area contributed by atoms with Crippen LogP contribution >= 0.6 is 24.8 Å². The van der Waals surface area contributed by atoms with Crippen molar-refractivity contribution >= 4 is 30.7 Å². The lowest BCUT2D eigenvalue weighted by Gasteiger charge is -2.35. The van der Waals surface area contributed by atoms with Crippen molar-refractivity contribution in [2.45, 2.75) is 38.3 Å². The number of hydrogen-bond acceptors (Lipinski definition) is 4. The van der Waals surface area contributed by atoms with E-state index in [0.717, 1.165) is 32.4 Å². The molecule has 2 heterocycles. The molecule has 2 saturated heterocycles.